The fraction of sp³-hybridized carbons (Fsp3) is 0.857. The minimum absolute atomic E-state index is 0.0334. The van der Waals surface area contributed by atoms with Gasteiger partial charge in [-0.3, -0.25) is 9.59 Å². The van der Waals surface area contributed by atoms with Crippen molar-refractivity contribution in [2.24, 2.45) is 5.41 Å². The smallest absolute Gasteiger partial charge is 0.260 e. The third-order valence-electron chi connectivity index (χ3n) is 5.17. The molecule has 5 heteroatoms. The highest BCUT2D eigenvalue weighted by atomic mass is 19.1. The Kier molecular flexibility index (Phi) is 2.84. The lowest BCUT2D eigenvalue weighted by molar-refractivity contribution is -0.152. The maximum absolute atomic E-state index is 14.1. The maximum atomic E-state index is 14.1. The number of carbonyl (C=O) groups excluding carboxylic acids is 2. The van der Waals surface area contributed by atoms with Crippen molar-refractivity contribution in [2.45, 2.75) is 44.2 Å². The van der Waals surface area contributed by atoms with Crippen molar-refractivity contribution in [2.75, 3.05) is 26.7 Å². The molecule has 0 aromatic rings. The Labute approximate surface area is 112 Å². The Bertz CT molecular complexity index is 412. The number of halogens is 1. The van der Waals surface area contributed by atoms with E-state index in [9.17, 15) is 14.0 Å². The van der Waals surface area contributed by atoms with Crippen molar-refractivity contribution < 1.29 is 14.0 Å². The van der Waals surface area contributed by atoms with Crippen LogP contribution in [0.4, 0.5) is 4.39 Å². The first-order chi connectivity index (χ1) is 8.94. The van der Waals surface area contributed by atoms with Crippen LogP contribution >= 0.6 is 0 Å². The van der Waals surface area contributed by atoms with Gasteiger partial charge in [0, 0.05) is 38.5 Å². The monoisotopic (exact) mass is 268 g/mol. The number of hydrogen-bond donors (Lipinski definition) is 0. The summed E-state index contributed by atoms with van der Waals surface area (Å²) < 4.78 is 14.1. The van der Waals surface area contributed by atoms with Crippen LogP contribution in [0.25, 0.3) is 0 Å². The summed E-state index contributed by atoms with van der Waals surface area (Å²) >= 11 is 0. The molecule has 2 aliphatic heterocycles. The molecule has 0 atom stereocenters. The highest BCUT2D eigenvalue weighted by Gasteiger charge is 2.50. The fourth-order valence-corrected chi connectivity index (χ4v) is 3.61. The normalized spacial score (nSPS) is 28.6. The van der Waals surface area contributed by atoms with Crippen LogP contribution in [-0.2, 0) is 9.59 Å². The molecule has 3 rings (SSSR count). The molecule has 0 bridgehead atoms. The van der Waals surface area contributed by atoms with Gasteiger partial charge in [-0.2, -0.15) is 0 Å². The molecule has 1 aliphatic carbocycles. The van der Waals surface area contributed by atoms with Crippen LogP contribution in [0.2, 0.25) is 0 Å². The summed E-state index contributed by atoms with van der Waals surface area (Å²) in [5, 5.41) is 0. The Morgan fingerprint density at radius 1 is 1.21 bits per heavy atom. The fourth-order valence-electron chi connectivity index (χ4n) is 3.61. The second-order valence-corrected chi connectivity index (χ2v) is 6.54. The SMILES string of the molecule is CN1CC2(CCN(C(=O)C3(F)CCC3)CC2)CC1=O. The molecule has 0 radical (unpaired) electrons. The van der Waals surface area contributed by atoms with Crippen LogP contribution < -0.4 is 0 Å². The Balaban J connectivity index is 1.61. The Hall–Kier alpha value is -1.13. The Morgan fingerprint density at radius 2 is 1.84 bits per heavy atom. The zero-order valence-corrected chi connectivity index (χ0v) is 11.5. The van der Waals surface area contributed by atoms with E-state index >= 15 is 0 Å². The molecule has 2 saturated heterocycles. The lowest BCUT2D eigenvalue weighted by atomic mass is 9.76. The Morgan fingerprint density at radius 3 is 2.26 bits per heavy atom. The number of hydrogen-bond acceptors (Lipinski definition) is 2. The van der Waals surface area contributed by atoms with Crippen LogP contribution in [0.3, 0.4) is 0 Å². The topological polar surface area (TPSA) is 40.6 Å². The molecule has 0 aromatic carbocycles. The van der Waals surface area contributed by atoms with E-state index < -0.39 is 5.67 Å². The summed E-state index contributed by atoms with van der Waals surface area (Å²) in [7, 11) is 1.83. The van der Waals surface area contributed by atoms with Crippen molar-refractivity contribution in [1.82, 2.24) is 9.80 Å². The molecular weight excluding hydrogens is 247 g/mol. The number of piperidine rings is 1. The highest BCUT2D eigenvalue weighted by molar-refractivity contribution is 5.86. The summed E-state index contributed by atoms with van der Waals surface area (Å²) in [6, 6.07) is 0. The van der Waals surface area contributed by atoms with E-state index in [-0.39, 0.29) is 17.2 Å². The molecule has 2 heterocycles. The second-order valence-electron chi connectivity index (χ2n) is 6.54. The van der Waals surface area contributed by atoms with Crippen molar-refractivity contribution >= 4 is 11.8 Å². The van der Waals surface area contributed by atoms with Gasteiger partial charge in [-0.15, -0.1) is 0 Å². The van der Waals surface area contributed by atoms with Crippen LogP contribution in [0.1, 0.15) is 38.5 Å². The number of amides is 2. The standard InChI is InChI=1S/C14H21FN2O2/c1-16-10-13(9-11(16)18)5-7-17(8-6-13)12(19)14(15)3-2-4-14/h2-10H2,1H3. The molecule has 0 aromatic heterocycles. The van der Waals surface area contributed by atoms with Gasteiger partial charge in [0.15, 0.2) is 5.67 Å². The van der Waals surface area contributed by atoms with E-state index in [1.54, 1.807) is 9.80 Å². The van der Waals surface area contributed by atoms with Gasteiger partial charge in [0.25, 0.3) is 5.91 Å². The van der Waals surface area contributed by atoms with E-state index in [1.807, 2.05) is 7.05 Å². The molecular formula is C14H21FN2O2. The quantitative estimate of drug-likeness (QED) is 0.720. The van der Waals surface area contributed by atoms with Crippen LogP contribution in [-0.4, -0.2) is 54.0 Å². The van der Waals surface area contributed by atoms with Gasteiger partial charge in [0.2, 0.25) is 5.91 Å². The third-order valence-corrected chi connectivity index (χ3v) is 5.17. The molecule has 0 unspecified atom stereocenters. The summed E-state index contributed by atoms with van der Waals surface area (Å²) in [5.74, 6) is -0.119. The van der Waals surface area contributed by atoms with Gasteiger partial charge in [-0.05, 0) is 32.1 Å². The van der Waals surface area contributed by atoms with Crippen molar-refractivity contribution in [3.05, 3.63) is 0 Å². The minimum Gasteiger partial charge on any atom is -0.345 e. The molecule has 106 valence electrons. The van der Waals surface area contributed by atoms with Crippen LogP contribution in [0.15, 0.2) is 0 Å². The van der Waals surface area contributed by atoms with Crippen molar-refractivity contribution in [3.63, 3.8) is 0 Å². The average Bonchev–Trinajstić information content (AvgIpc) is 2.62. The zero-order valence-electron chi connectivity index (χ0n) is 11.5. The predicted molar refractivity (Wildman–Crippen MR) is 68.2 cm³/mol. The summed E-state index contributed by atoms with van der Waals surface area (Å²) in [4.78, 5) is 27.2. The summed E-state index contributed by atoms with van der Waals surface area (Å²) in [6.07, 6.45) is 3.82. The molecule has 0 N–H and O–H groups in total. The number of nitrogens with zero attached hydrogens (tertiary/aromatic N) is 2. The molecule has 2 amide bonds. The van der Waals surface area contributed by atoms with E-state index in [1.165, 1.54) is 0 Å². The van der Waals surface area contributed by atoms with Gasteiger partial charge in [0.05, 0.1) is 0 Å². The van der Waals surface area contributed by atoms with Gasteiger partial charge >= 0.3 is 0 Å². The van der Waals surface area contributed by atoms with Crippen LogP contribution in [0.5, 0.6) is 0 Å². The number of alkyl halides is 1. The van der Waals surface area contributed by atoms with Crippen molar-refractivity contribution in [1.29, 1.82) is 0 Å². The lowest BCUT2D eigenvalue weighted by Crippen LogP contribution is -2.54. The third kappa shape index (κ3) is 2.03. The first kappa shape index (κ1) is 12.9. The largest absolute Gasteiger partial charge is 0.345 e. The van der Waals surface area contributed by atoms with E-state index in [4.69, 9.17) is 0 Å². The molecule has 4 nitrogen and oxygen atoms in total. The van der Waals surface area contributed by atoms with Crippen LogP contribution in [0, 0.1) is 5.41 Å². The summed E-state index contributed by atoms with van der Waals surface area (Å²) in [5.41, 5.74) is -1.54. The maximum Gasteiger partial charge on any atom is 0.260 e. The van der Waals surface area contributed by atoms with Gasteiger partial charge in [-0.25, -0.2) is 4.39 Å². The van der Waals surface area contributed by atoms with E-state index in [0.717, 1.165) is 25.8 Å². The molecule has 3 aliphatic rings. The minimum atomic E-state index is -1.58. The molecule has 3 fully saturated rings. The van der Waals surface area contributed by atoms with Gasteiger partial charge in [0.1, 0.15) is 0 Å². The number of likely N-dealkylation sites (tertiary alicyclic amines) is 2. The number of rotatable bonds is 1. The van der Waals surface area contributed by atoms with Gasteiger partial charge in [-0.1, -0.05) is 0 Å². The number of carbonyl (C=O) groups is 2. The molecule has 19 heavy (non-hydrogen) atoms. The second kappa shape index (κ2) is 4.18. The van der Waals surface area contributed by atoms with E-state index in [2.05, 4.69) is 0 Å². The highest BCUT2D eigenvalue weighted by Crippen LogP contribution is 2.43. The summed E-state index contributed by atoms with van der Waals surface area (Å²) in [6.45, 7) is 1.99. The molecule has 1 spiro atoms. The zero-order chi connectivity index (χ0) is 13.7. The first-order valence-corrected chi connectivity index (χ1v) is 7.17. The van der Waals surface area contributed by atoms with Gasteiger partial charge < -0.3 is 9.80 Å². The van der Waals surface area contributed by atoms with Crippen molar-refractivity contribution in [3.8, 4) is 0 Å². The molecule has 1 saturated carbocycles. The van der Waals surface area contributed by atoms with E-state index in [0.29, 0.717) is 32.4 Å². The predicted octanol–water partition coefficient (Wildman–Crippen LogP) is 1.35. The first-order valence-electron chi connectivity index (χ1n) is 7.17. The lowest BCUT2D eigenvalue weighted by Gasteiger charge is -2.43. The average molecular weight is 268 g/mol.